The second-order valence-electron chi connectivity index (χ2n) is 3.44. The first-order valence-electron chi connectivity index (χ1n) is 4.94. The highest BCUT2D eigenvalue weighted by Crippen LogP contribution is 2.24. The molecule has 1 heterocycles. The maximum absolute atomic E-state index is 6.02. The Bertz CT molecular complexity index is 532. The molecule has 17 heavy (non-hydrogen) atoms. The van der Waals surface area contributed by atoms with Crippen molar-refractivity contribution < 1.29 is 0 Å². The zero-order chi connectivity index (χ0) is 12.3. The fourth-order valence-corrected chi connectivity index (χ4v) is 2.13. The molecule has 0 fully saturated rings. The van der Waals surface area contributed by atoms with Crippen LogP contribution >= 0.6 is 39.1 Å². The summed E-state index contributed by atoms with van der Waals surface area (Å²) in [6.07, 6.45) is 3.35. The van der Waals surface area contributed by atoms with Crippen molar-refractivity contribution >= 4 is 44.8 Å². The summed E-state index contributed by atoms with van der Waals surface area (Å²) in [4.78, 5) is 4.01. The summed E-state index contributed by atoms with van der Waals surface area (Å²) < 4.78 is 1.01. The molecule has 0 bridgehead atoms. The smallest absolute Gasteiger partial charge is 0.0718 e. The van der Waals surface area contributed by atoms with Gasteiger partial charge in [0.1, 0.15) is 0 Å². The first-order chi connectivity index (χ1) is 8.16. The van der Waals surface area contributed by atoms with Gasteiger partial charge < -0.3 is 5.32 Å². The number of benzene rings is 1. The van der Waals surface area contributed by atoms with Gasteiger partial charge in [-0.2, -0.15) is 0 Å². The van der Waals surface area contributed by atoms with Crippen LogP contribution in [0.5, 0.6) is 0 Å². The summed E-state index contributed by atoms with van der Waals surface area (Å²) in [7, 11) is 0. The van der Waals surface area contributed by atoms with Gasteiger partial charge in [-0.25, -0.2) is 0 Å². The van der Waals surface area contributed by atoms with E-state index in [2.05, 4.69) is 26.2 Å². The SMILES string of the molecule is Clc1ccc(Br)c(CNc2cnccc2Cl)c1. The minimum Gasteiger partial charge on any atom is -0.378 e. The highest BCUT2D eigenvalue weighted by Gasteiger charge is 2.03. The van der Waals surface area contributed by atoms with Crippen LogP contribution in [-0.4, -0.2) is 4.98 Å². The van der Waals surface area contributed by atoms with E-state index in [4.69, 9.17) is 23.2 Å². The van der Waals surface area contributed by atoms with Crippen molar-refractivity contribution in [2.75, 3.05) is 5.32 Å². The number of hydrogen-bond donors (Lipinski definition) is 1. The van der Waals surface area contributed by atoms with Crippen LogP contribution in [0.3, 0.4) is 0 Å². The quantitative estimate of drug-likeness (QED) is 0.876. The number of nitrogens with zero attached hydrogens (tertiary/aromatic N) is 1. The molecule has 0 saturated carbocycles. The Balaban J connectivity index is 2.12. The average molecular weight is 332 g/mol. The van der Waals surface area contributed by atoms with Crippen molar-refractivity contribution in [2.45, 2.75) is 6.54 Å². The lowest BCUT2D eigenvalue weighted by atomic mass is 10.2. The maximum Gasteiger partial charge on any atom is 0.0718 e. The molecule has 0 saturated heterocycles. The molecule has 1 aromatic carbocycles. The van der Waals surface area contributed by atoms with E-state index in [1.807, 2.05) is 18.2 Å². The van der Waals surface area contributed by atoms with Crippen molar-refractivity contribution in [3.05, 3.63) is 56.7 Å². The van der Waals surface area contributed by atoms with Gasteiger partial charge >= 0.3 is 0 Å². The molecule has 0 radical (unpaired) electrons. The lowest BCUT2D eigenvalue weighted by Crippen LogP contribution is -2.01. The van der Waals surface area contributed by atoms with Gasteiger partial charge in [-0.15, -0.1) is 0 Å². The van der Waals surface area contributed by atoms with Crippen molar-refractivity contribution in [1.29, 1.82) is 0 Å². The van der Waals surface area contributed by atoms with Crippen molar-refractivity contribution in [1.82, 2.24) is 4.98 Å². The van der Waals surface area contributed by atoms with E-state index in [1.54, 1.807) is 18.5 Å². The van der Waals surface area contributed by atoms with Crippen molar-refractivity contribution in [2.24, 2.45) is 0 Å². The van der Waals surface area contributed by atoms with Gasteiger partial charge in [0, 0.05) is 22.2 Å². The Kier molecular flexibility index (Phi) is 4.26. The summed E-state index contributed by atoms with van der Waals surface area (Å²) in [5.74, 6) is 0. The molecule has 0 atom stereocenters. The molecular formula is C12H9BrCl2N2. The maximum atomic E-state index is 6.02. The standard InChI is InChI=1S/C12H9BrCl2N2/c13-10-2-1-9(14)5-8(10)6-17-12-7-16-4-3-11(12)15/h1-5,7,17H,6H2. The number of halogens is 3. The van der Waals surface area contributed by atoms with Crippen molar-refractivity contribution in [3.63, 3.8) is 0 Å². The van der Waals surface area contributed by atoms with E-state index >= 15 is 0 Å². The van der Waals surface area contributed by atoms with E-state index in [1.165, 1.54) is 0 Å². The summed E-state index contributed by atoms with van der Waals surface area (Å²) in [5.41, 5.74) is 1.87. The van der Waals surface area contributed by atoms with Crippen LogP contribution in [0, 0.1) is 0 Å². The fraction of sp³-hybridized carbons (Fsp3) is 0.0833. The van der Waals surface area contributed by atoms with Gasteiger partial charge in [0.25, 0.3) is 0 Å². The van der Waals surface area contributed by atoms with Crippen molar-refractivity contribution in [3.8, 4) is 0 Å². The fourth-order valence-electron chi connectivity index (χ4n) is 1.38. The van der Waals surface area contributed by atoms with E-state index < -0.39 is 0 Å². The monoisotopic (exact) mass is 330 g/mol. The molecule has 2 nitrogen and oxygen atoms in total. The summed E-state index contributed by atoms with van der Waals surface area (Å²) in [5, 5.41) is 4.58. The Hall–Kier alpha value is -0.770. The Labute approximate surface area is 118 Å². The van der Waals surface area contributed by atoms with Crippen LogP contribution in [0.15, 0.2) is 41.1 Å². The number of anilines is 1. The van der Waals surface area contributed by atoms with E-state index in [9.17, 15) is 0 Å². The second kappa shape index (κ2) is 5.71. The first kappa shape index (κ1) is 12.7. The van der Waals surface area contributed by atoms with Gasteiger partial charge in [-0.3, -0.25) is 4.98 Å². The molecule has 1 aromatic heterocycles. The lowest BCUT2D eigenvalue weighted by molar-refractivity contribution is 1.13. The zero-order valence-electron chi connectivity index (χ0n) is 8.75. The van der Waals surface area contributed by atoms with Crippen LogP contribution in [0.1, 0.15) is 5.56 Å². The first-order valence-corrected chi connectivity index (χ1v) is 6.49. The van der Waals surface area contributed by atoms with Crippen LogP contribution in [0.4, 0.5) is 5.69 Å². The second-order valence-corrected chi connectivity index (χ2v) is 5.14. The molecule has 0 aliphatic heterocycles. The van der Waals surface area contributed by atoms with Gasteiger partial charge in [0.2, 0.25) is 0 Å². The highest BCUT2D eigenvalue weighted by molar-refractivity contribution is 9.10. The van der Waals surface area contributed by atoms with Crippen LogP contribution < -0.4 is 5.32 Å². The zero-order valence-corrected chi connectivity index (χ0v) is 11.9. The molecule has 88 valence electrons. The summed E-state index contributed by atoms with van der Waals surface area (Å²) >= 11 is 15.4. The van der Waals surface area contributed by atoms with Crippen LogP contribution in [0.25, 0.3) is 0 Å². The van der Waals surface area contributed by atoms with Crippen LogP contribution in [-0.2, 0) is 6.54 Å². The third kappa shape index (κ3) is 3.35. The highest BCUT2D eigenvalue weighted by atomic mass is 79.9. The molecule has 0 aliphatic rings. The number of nitrogens with one attached hydrogen (secondary N) is 1. The normalized spacial score (nSPS) is 10.3. The average Bonchev–Trinajstić information content (AvgIpc) is 2.32. The Morgan fingerprint density at radius 1 is 1.24 bits per heavy atom. The molecule has 2 rings (SSSR count). The lowest BCUT2D eigenvalue weighted by Gasteiger charge is -2.09. The molecule has 5 heteroatoms. The molecule has 2 aromatic rings. The minimum absolute atomic E-state index is 0.632. The third-order valence-corrected chi connectivity index (χ3v) is 3.58. The number of rotatable bonds is 3. The van der Waals surface area contributed by atoms with Gasteiger partial charge in [-0.05, 0) is 29.8 Å². The molecule has 0 amide bonds. The predicted octanol–water partition coefficient (Wildman–Crippen LogP) is 4.76. The Morgan fingerprint density at radius 2 is 2.06 bits per heavy atom. The summed E-state index contributed by atoms with van der Waals surface area (Å²) in [6, 6.07) is 7.41. The Morgan fingerprint density at radius 3 is 2.82 bits per heavy atom. The van der Waals surface area contributed by atoms with Gasteiger partial charge in [0.15, 0.2) is 0 Å². The van der Waals surface area contributed by atoms with E-state index in [0.717, 1.165) is 15.7 Å². The van der Waals surface area contributed by atoms with Crippen LogP contribution in [0.2, 0.25) is 10.0 Å². The number of pyridine rings is 1. The molecule has 1 N–H and O–H groups in total. The summed E-state index contributed by atoms with van der Waals surface area (Å²) in [6.45, 7) is 0.632. The molecule has 0 aliphatic carbocycles. The molecule has 0 unspecified atom stereocenters. The molecular weight excluding hydrogens is 323 g/mol. The van der Waals surface area contributed by atoms with Gasteiger partial charge in [-0.1, -0.05) is 39.1 Å². The molecule has 0 spiro atoms. The minimum atomic E-state index is 0.632. The largest absolute Gasteiger partial charge is 0.378 e. The van der Waals surface area contributed by atoms with E-state index in [-0.39, 0.29) is 0 Å². The number of aromatic nitrogens is 1. The van der Waals surface area contributed by atoms with E-state index in [0.29, 0.717) is 16.6 Å². The third-order valence-electron chi connectivity index (χ3n) is 2.24. The topological polar surface area (TPSA) is 24.9 Å². The number of hydrogen-bond acceptors (Lipinski definition) is 2. The van der Waals surface area contributed by atoms with Gasteiger partial charge in [0.05, 0.1) is 16.9 Å². The predicted molar refractivity (Wildman–Crippen MR) is 75.7 cm³/mol.